The molecule has 2 aliphatic rings. The van der Waals surface area contributed by atoms with Crippen LogP contribution in [0.25, 0.3) is 0 Å². The van der Waals surface area contributed by atoms with Gasteiger partial charge in [0.15, 0.2) is 0 Å². The Labute approximate surface area is 133 Å². The second-order valence-electron chi connectivity index (χ2n) is 5.84. The van der Waals surface area contributed by atoms with Gasteiger partial charge in [0, 0.05) is 30.5 Å². The molecule has 1 saturated carbocycles. The zero-order valence-electron chi connectivity index (χ0n) is 12.5. The summed E-state index contributed by atoms with van der Waals surface area (Å²) in [6.45, 7) is 0.580. The number of thioether (sulfide) groups is 1. The van der Waals surface area contributed by atoms with E-state index in [9.17, 15) is 9.59 Å². The van der Waals surface area contributed by atoms with Gasteiger partial charge in [-0.05, 0) is 38.5 Å². The van der Waals surface area contributed by atoms with Gasteiger partial charge in [-0.2, -0.15) is 4.98 Å². The van der Waals surface area contributed by atoms with Crippen molar-refractivity contribution in [3.8, 4) is 0 Å². The van der Waals surface area contributed by atoms with Gasteiger partial charge in [-0.3, -0.25) is 9.36 Å². The average Bonchev–Trinajstić information content (AvgIpc) is 3.17. The van der Waals surface area contributed by atoms with Crippen LogP contribution in [0.15, 0.2) is 9.82 Å². The second-order valence-corrected chi connectivity index (χ2v) is 6.80. The van der Waals surface area contributed by atoms with Gasteiger partial charge in [0.25, 0.3) is 0 Å². The molecule has 0 spiro atoms. The van der Waals surface area contributed by atoms with Crippen LogP contribution in [0.1, 0.15) is 36.9 Å². The number of aromatic nitrogens is 2. The molecule has 1 aromatic heterocycles. The Kier molecular flexibility index (Phi) is 4.83. The van der Waals surface area contributed by atoms with Crippen molar-refractivity contribution >= 4 is 17.7 Å². The van der Waals surface area contributed by atoms with E-state index in [-0.39, 0.29) is 18.2 Å². The maximum absolute atomic E-state index is 12.2. The molecule has 1 fully saturated rings. The van der Waals surface area contributed by atoms with E-state index in [1.807, 2.05) is 0 Å². The van der Waals surface area contributed by atoms with Crippen LogP contribution in [0.2, 0.25) is 0 Å². The molecule has 1 heterocycles. The number of fused-ring (bicyclic) bond motifs is 1. The maximum Gasteiger partial charge on any atom is 0.348 e. The van der Waals surface area contributed by atoms with Gasteiger partial charge in [-0.1, -0.05) is 11.8 Å². The number of rotatable bonds is 7. The van der Waals surface area contributed by atoms with Gasteiger partial charge in [-0.15, -0.1) is 0 Å². The van der Waals surface area contributed by atoms with E-state index in [0.717, 1.165) is 43.4 Å². The van der Waals surface area contributed by atoms with Gasteiger partial charge in [0.1, 0.15) is 5.03 Å². The fourth-order valence-electron chi connectivity index (χ4n) is 2.80. The molecule has 2 aliphatic carbocycles. The molecule has 3 rings (SSSR count). The summed E-state index contributed by atoms with van der Waals surface area (Å²) < 4.78 is 1.69. The summed E-state index contributed by atoms with van der Waals surface area (Å²) in [5, 5.41) is 12.6. The lowest BCUT2D eigenvalue weighted by atomic mass is 10.2. The van der Waals surface area contributed by atoms with Crippen molar-refractivity contribution in [2.24, 2.45) is 0 Å². The van der Waals surface area contributed by atoms with Crippen molar-refractivity contribution < 1.29 is 9.90 Å². The van der Waals surface area contributed by atoms with E-state index in [2.05, 4.69) is 10.3 Å². The third-order valence-corrected chi connectivity index (χ3v) is 5.04. The molecular formula is C15H21N3O3S. The zero-order valence-corrected chi connectivity index (χ0v) is 13.3. The van der Waals surface area contributed by atoms with Crippen LogP contribution in [-0.2, 0) is 24.2 Å². The maximum atomic E-state index is 12.2. The van der Waals surface area contributed by atoms with Crippen molar-refractivity contribution in [2.45, 2.75) is 56.1 Å². The molecule has 0 radical (unpaired) electrons. The van der Waals surface area contributed by atoms with Crippen LogP contribution < -0.4 is 11.0 Å². The summed E-state index contributed by atoms with van der Waals surface area (Å²) in [5.74, 6) is 0.334. The highest BCUT2D eigenvalue weighted by atomic mass is 32.2. The lowest BCUT2D eigenvalue weighted by Crippen LogP contribution is -2.29. The van der Waals surface area contributed by atoms with Crippen molar-refractivity contribution in [2.75, 3.05) is 12.4 Å². The Balaban J connectivity index is 1.74. The number of nitrogens with zero attached hydrogens (tertiary/aromatic N) is 2. The van der Waals surface area contributed by atoms with Gasteiger partial charge in [0.05, 0.1) is 5.75 Å². The Morgan fingerprint density at radius 2 is 2.23 bits per heavy atom. The fourth-order valence-corrected chi connectivity index (χ4v) is 3.68. The third kappa shape index (κ3) is 3.52. The van der Waals surface area contributed by atoms with Gasteiger partial charge in [-0.25, -0.2) is 4.79 Å². The van der Waals surface area contributed by atoms with E-state index in [1.165, 1.54) is 11.8 Å². The summed E-state index contributed by atoms with van der Waals surface area (Å²) in [6, 6.07) is 0.359. The molecule has 22 heavy (non-hydrogen) atoms. The van der Waals surface area contributed by atoms with E-state index in [0.29, 0.717) is 29.8 Å². The van der Waals surface area contributed by atoms with E-state index < -0.39 is 0 Å². The molecule has 0 aromatic carbocycles. The number of carbonyl (C=O) groups excluding carboxylic acids is 1. The average molecular weight is 323 g/mol. The minimum Gasteiger partial charge on any atom is -0.396 e. The molecule has 0 atom stereocenters. The first kappa shape index (κ1) is 15.6. The molecule has 120 valence electrons. The molecule has 2 N–H and O–H groups in total. The standard InChI is InChI=1S/C15H21N3O3S/c19-8-2-7-18-12-4-1-3-11(12)14(17-15(18)21)22-9-13(20)16-10-5-6-10/h10,19H,1-9H2,(H,16,20). The number of carbonyl (C=O) groups is 1. The predicted octanol–water partition coefficient (Wildman–Crippen LogP) is 0.485. The Bertz CT molecular complexity index is 625. The highest BCUT2D eigenvalue weighted by molar-refractivity contribution is 7.99. The Hall–Kier alpha value is -1.34. The number of hydrogen-bond acceptors (Lipinski definition) is 5. The summed E-state index contributed by atoms with van der Waals surface area (Å²) in [4.78, 5) is 28.2. The van der Waals surface area contributed by atoms with Crippen LogP contribution in [0.3, 0.4) is 0 Å². The largest absolute Gasteiger partial charge is 0.396 e. The molecule has 7 heteroatoms. The first-order valence-corrected chi connectivity index (χ1v) is 8.83. The van der Waals surface area contributed by atoms with Crippen LogP contribution in [0.4, 0.5) is 0 Å². The van der Waals surface area contributed by atoms with E-state index >= 15 is 0 Å². The number of aliphatic hydroxyl groups is 1. The van der Waals surface area contributed by atoms with Crippen LogP contribution in [-0.4, -0.2) is 39.0 Å². The number of amides is 1. The third-order valence-electron chi connectivity index (χ3n) is 4.02. The fraction of sp³-hybridized carbons (Fsp3) is 0.667. The SMILES string of the molecule is O=C(CSc1nc(=O)n(CCCO)c2c1CCC2)NC1CC1. The van der Waals surface area contributed by atoms with Gasteiger partial charge < -0.3 is 10.4 Å². The van der Waals surface area contributed by atoms with Crippen molar-refractivity contribution in [3.63, 3.8) is 0 Å². The van der Waals surface area contributed by atoms with Gasteiger partial charge in [0.2, 0.25) is 5.91 Å². The Morgan fingerprint density at radius 3 is 2.95 bits per heavy atom. The quantitative estimate of drug-likeness (QED) is 0.563. The smallest absolute Gasteiger partial charge is 0.348 e. The summed E-state index contributed by atoms with van der Waals surface area (Å²) in [5.41, 5.74) is 1.89. The van der Waals surface area contributed by atoms with E-state index in [4.69, 9.17) is 5.11 Å². The summed E-state index contributed by atoms with van der Waals surface area (Å²) >= 11 is 1.36. The minimum atomic E-state index is -0.265. The number of aliphatic hydroxyl groups excluding tert-OH is 1. The lowest BCUT2D eigenvalue weighted by molar-refractivity contribution is -0.118. The van der Waals surface area contributed by atoms with Crippen molar-refractivity contribution in [3.05, 3.63) is 21.7 Å². The number of hydrogen-bond donors (Lipinski definition) is 2. The van der Waals surface area contributed by atoms with E-state index in [1.54, 1.807) is 4.57 Å². The molecule has 6 nitrogen and oxygen atoms in total. The molecule has 0 saturated heterocycles. The molecule has 1 aromatic rings. The lowest BCUT2D eigenvalue weighted by Gasteiger charge is -2.13. The first-order chi connectivity index (χ1) is 10.7. The zero-order chi connectivity index (χ0) is 15.5. The van der Waals surface area contributed by atoms with Crippen molar-refractivity contribution in [1.29, 1.82) is 0 Å². The molecule has 0 aliphatic heterocycles. The molecular weight excluding hydrogens is 302 g/mol. The van der Waals surface area contributed by atoms with Gasteiger partial charge >= 0.3 is 5.69 Å². The first-order valence-electron chi connectivity index (χ1n) is 7.84. The molecule has 0 bridgehead atoms. The molecule has 0 unspecified atom stereocenters. The van der Waals surface area contributed by atoms with Crippen LogP contribution in [0, 0.1) is 0 Å². The monoisotopic (exact) mass is 323 g/mol. The predicted molar refractivity (Wildman–Crippen MR) is 84.1 cm³/mol. The summed E-state index contributed by atoms with van der Waals surface area (Å²) in [7, 11) is 0. The normalized spacial score (nSPS) is 16.6. The summed E-state index contributed by atoms with van der Waals surface area (Å²) in [6.07, 6.45) is 5.51. The van der Waals surface area contributed by atoms with Crippen LogP contribution in [0.5, 0.6) is 0 Å². The van der Waals surface area contributed by atoms with Crippen LogP contribution >= 0.6 is 11.8 Å². The molecule has 1 amide bonds. The highest BCUT2D eigenvalue weighted by Gasteiger charge is 2.25. The minimum absolute atomic E-state index is 0.0190. The second kappa shape index (κ2) is 6.83. The number of nitrogens with one attached hydrogen (secondary N) is 1. The van der Waals surface area contributed by atoms with Crippen molar-refractivity contribution in [1.82, 2.24) is 14.9 Å². The highest BCUT2D eigenvalue weighted by Crippen LogP contribution is 2.29. The Morgan fingerprint density at radius 1 is 1.41 bits per heavy atom. The topological polar surface area (TPSA) is 84.2 Å².